The molecule has 2 aromatic carbocycles. The van der Waals surface area contributed by atoms with E-state index in [9.17, 15) is 24.3 Å². The minimum atomic E-state index is -1.58. The smallest absolute Gasteiger partial charge is 0.410 e. The Bertz CT molecular complexity index is 1450. The fourth-order valence-electron chi connectivity index (χ4n) is 6.07. The van der Waals surface area contributed by atoms with E-state index in [1.165, 1.54) is 11.0 Å². The van der Waals surface area contributed by atoms with E-state index in [2.05, 4.69) is 16.0 Å². The summed E-state index contributed by atoms with van der Waals surface area (Å²) >= 11 is 12.5. The van der Waals surface area contributed by atoms with Crippen LogP contribution in [-0.2, 0) is 19.8 Å². The number of rotatable bonds is 14. The molecule has 1 unspecified atom stereocenters. The fourth-order valence-corrected chi connectivity index (χ4v) is 6.44. The molecule has 1 aliphatic heterocycles. The Labute approximate surface area is 279 Å². The maximum atomic E-state index is 14.3. The van der Waals surface area contributed by atoms with Gasteiger partial charge in [0.15, 0.2) is 6.10 Å². The number of aliphatic hydroxyl groups is 1. The molecule has 10 nitrogen and oxygen atoms in total. The zero-order valence-corrected chi connectivity index (χ0v) is 27.7. The molecule has 2 aliphatic carbocycles. The van der Waals surface area contributed by atoms with E-state index in [0.717, 1.165) is 31.2 Å². The number of halogens is 2. The number of hydrogen-bond acceptors (Lipinski definition) is 6. The number of carbonyl (C=O) groups excluding carboxylic acids is 4. The van der Waals surface area contributed by atoms with Gasteiger partial charge in [0, 0.05) is 40.5 Å². The Kier molecular flexibility index (Phi) is 10.8. The van der Waals surface area contributed by atoms with E-state index in [4.69, 9.17) is 27.9 Å². The van der Waals surface area contributed by atoms with Crippen molar-refractivity contribution in [3.05, 3.63) is 64.1 Å². The van der Waals surface area contributed by atoms with Crippen LogP contribution in [0.2, 0.25) is 10.0 Å². The molecule has 2 aromatic rings. The number of benzene rings is 2. The third-order valence-corrected chi connectivity index (χ3v) is 9.45. The minimum Gasteiger partial charge on any atom is -0.410 e. The average Bonchev–Trinajstić information content (AvgIpc) is 3.94. The van der Waals surface area contributed by atoms with Crippen LogP contribution < -0.4 is 20.7 Å². The lowest BCUT2D eigenvalue weighted by Gasteiger charge is -2.36. The fraction of sp³-hybridized carbons (Fsp3) is 0.529. The van der Waals surface area contributed by atoms with Crippen LogP contribution in [-0.4, -0.2) is 71.1 Å². The summed E-state index contributed by atoms with van der Waals surface area (Å²) in [6, 6.07) is 11.9. The number of amides is 4. The van der Waals surface area contributed by atoms with Crippen molar-refractivity contribution < 1.29 is 29.0 Å². The third-order valence-electron chi connectivity index (χ3n) is 8.98. The molecular weight excluding hydrogens is 631 g/mol. The average molecular weight is 674 g/mol. The van der Waals surface area contributed by atoms with Crippen LogP contribution in [0, 0.1) is 11.8 Å². The Balaban J connectivity index is 1.45. The van der Waals surface area contributed by atoms with Gasteiger partial charge in [-0.1, -0.05) is 55.2 Å². The maximum absolute atomic E-state index is 14.3. The molecule has 3 aliphatic rings. The summed E-state index contributed by atoms with van der Waals surface area (Å²) in [5, 5.41) is 20.6. The van der Waals surface area contributed by atoms with E-state index in [1.54, 1.807) is 24.3 Å². The molecule has 4 atom stereocenters. The van der Waals surface area contributed by atoms with E-state index in [0.29, 0.717) is 23.0 Å². The lowest BCUT2D eigenvalue weighted by molar-refractivity contribution is -0.135. The largest absolute Gasteiger partial charge is 0.415 e. The highest BCUT2D eigenvalue weighted by Crippen LogP contribution is 2.49. The van der Waals surface area contributed by atoms with Gasteiger partial charge in [-0.2, -0.15) is 0 Å². The Hall–Kier alpha value is -3.34. The van der Waals surface area contributed by atoms with Crippen LogP contribution in [0.15, 0.2) is 48.5 Å². The van der Waals surface area contributed by atoms with Crippen LogP contribution in [0.25, 0.3) is 0 Å². The van der Waals surface area contributed by atoms with Gasteiger partial charge in [-0.05, 0) is 86.8 Å². The first-order valence-corrected chi connectivity index (χ1v) is 16.8. The lowest BCUT2D eigenvalue weighted by atomic mass is 9.92. The molecule has 1 heterocycles. The van der Waals surface area contributed by atoms with Gasteiger partial charge < -0.3 is 25.8 Å². The monoisotopic (exact) mass is 672 g/mol. The van der Waals surface area contributed by atoms with Crippen molar-refractivity contribution >= 4 is 47.0 Å². The Morgan fingerprint density at radius 2 is 1.74 bits per heavy atom. The van der Waals surface area contributed by atoms with E-state index < -0.39 is 47.4 Å². The number of ether oxygens (including phenoxy) is 1. The lowest BCUT2D eigenvalue weighted by Crippen LogP contribution is -2.58. The zero-order valence-electron chi connectivity index (χ0n) is 26.1. The molecule has 0 radical (unpaired) electrons. The molecule has 5 rings (SSSR count). The van der Waals surface area contributed by atoms with Gasteiger partial charge in [-0.15, -0.1) is 0 Å². The molecule has 4 N–H and O–H groups in total. The summed E-state index contributed by atoms with van der Waals surface area (Å²) in [5.74, 6) is -1.57. The molecule has 46 heavy (non-hydrogen) atoms. The molecule has 4 amide bonds. The van der Waals surface area contributed by atoms with Crippen molar-refractivity contribution in [3.8, 4) is 5.75 Å². The highest BCUT2D eigenvalue weighted by atomic mass is 35.5. The Morgan fingerprint density at radius 1 is 1.04 bits per heavy atom. The van der Waals surface area contributed by atoms with E-state index in [1.807, 2.05) is 32.0 Å². The van der Waals surface area contributed by atoms with Gasteiger partial charge in [0.05, 0.1) is 6.04 Å². The van der Waals surface area contributed by atoms with Crippen LogP contribution >= 0.6 is 23.2 Å². The first-order valence-electron chi connectivity index (χ1n) is 16.0. The number of nitrogens with one attached hydrogen (secondary N) is 3. The van der Waals surface area contributed by atoms with Gasteiger partial charge in [0.1, 0.15) is 11.8 Å². The van der Waals surface area contributed by atoms with E-state index in [-0.39, 0.29) is 43.0 Å². The number of nitrogens with zero attached hydrogens (tertiary/aromatic N) is 1. The maximum Gasteiger partial charge on any atom is 0.415 e. The zero-order chi connectivity index (χ0) is 33.0. The quantitative estimate of drug-likeness (QED) is 0.232. The highest BCUT2D eigenvalue weighted by Gasteiger charge is 2.49. The summed E-state index contributed by atoms with van der Waals surface area (Å²) in [4.78, 5) is 55.2. The van der Waals surface area contributed by atoms with Crippen molar-refractivity contribution in [3.63, 3.8) is 0 Å². The van der Waals surface area contributed by atoms with Gasteiger partial charge in [-0.3, -0.25) is 19.3 Å². The highest BCUT2D eigenvalue weighted by molar-refractivity contribution is 6.31. The minimum absolute atomic E-state index is 0.0000526. The molecular formula is C34H42Cl2N4O6. The summed E-state index contributed by atoms with van der Waals surface area (Å²) in [6.07, 6.45) is 1.80. The predicted octanol–water partition coefficient (Wildman–Crippen LogP) is 4.59. The van der Waals surface area contributed by atoms with Crippen LogP contribution in [0.1, 0.15) is 64.4 Å². The van der Waals surface area contributed by atoms with Crippen molar-refractivity contribution in [1.82, 2.24) is 20.9 Å². The second-order valence-electron chi connectivity index (χ2n) is 13.2. The molecule has 248 valence electrons. The molecule has 0 bridgehead atoms. The van der Waals surface area contributed by atoms with E-state index >= 15 is 0 Å². The number of carbonyl (C=O) groups is 4. The summed E-state index contributed by atoms with van der Waals surface area (Å²) < 4.78 is 5.80. The van der Waals surface area contributed by atoms with Crippen LogP contribution in [0.4, 0.5) is 4.79 Å². The summed E-state index contributed by atoms with van der Waals surface area (Å²) in [5.41, 5.74) is 0.528. The van der Waals surface area contributed by atoms with Crippen LogP contribution in [0.5, 0.6) is 5.75 Å². The van der Waals surface area contributed by atoms with Gasteiger partial charge >= 0.3 is 6.09 Å². The van der Waals surface area contributed by atoms with Gasteiger partial charge in [0.25, 0.3) is 5.91 Å². The van der Waals surface area contributed by atoms with Crippen molar-refractivity contribution in [2.75, 3.05) is 13.1 Å². The van der Waals surface area contributed by atoms with Crippen molar-refractivity contribution in [2.24, 2.45) is 11.8 Å². The van der Waals surface area contributed by atoms with Crippen molar-refractivity contribution in [1.29, 1.82) is 0 Å². The summed E-state index contributed by atoms with van der Waals surface area (Å²) in [7, 11) is 0. The SMILES string of the molecule is CC(C)C[C@@H](C(=O)N[C@@H](C[C@@H]1CCNC1=O)C(O)C(=O)NC1CC1)N(CC1(c2cccc(Cl)c2)CC1)C(=O)Oc1cccc(Cl)c1. The molecule has 1 saturated heterocycles. The normalized spacial score (nSPS) is 20.3. The molecule has 0 spiro atoms. The number of hydrogen-bond donors (Lipinski definition) is 4. The Morgan fingerprint density at radius 3 is 2.33 bits per heavy atom. The van der Waals surface area contributed by atoms with Gasteiger partial charge in [0.2, 0.25) is 11.8 Å². The first-order chi connectivity index (χ1) is 21.9. The molecule has 12 heteroatoms. The molecule has 3 fully saturated rings. The standard InChI is InChI=1S/C34H42Cl2N4O6/c1-20(2)15-28(31(43)39-27(16-21-11-14-37-30(21)42)29(41)32(44)38-25-9-10-25)40(33(45)46-26-8-4-7-24(36)18-26)19-34(12-13-34)22-5-3-6-23(35)17-22/h3-8,17-18,20-21,25,27-29,41H,9-16,19H2,1-2H3,(H,37,42)(H,38,44)(H,39,43)/t21-,27-,28-,29?/m0/s1. The van der Waals surface area contributed by atoms with Crippen LogP contribution in [0.3, 0.4) is 0 Å². The second kappa shape index (κ2) is 14.6. The second-order valence-corrected chi connectivity index (χ2v) is 14.1. The molecule has 2 saturated carbocycles. The third kappa shape index (κ3) is 8.72. The topological polar surface area (TPSA) is 137 Å². The van der Waals surface area contributed by atoms with Crippen molar-refractivity contribution in [2.45, 2.75) is 88.4 Å². The molecule has 0 aromatic heterocycles. The first kappa shape index (κ1) is 34.0. The summed E-state index contributed by atoms with van der Waals surface area (Å²) in [6.45, 7) is 4.56. The predicted molar refractivity (Wildman–Crippen MR) is 175 cm³/mol. The van der Waals surface area contributed by atoms with Gasteiger partial charge in [-0.25, -0.2) is 4.79 Å². The number of aliphatic hydroxyl groups excluding tert-OH is 1.